The van der Waals surface area contributed by atoms with Gasteiger partial charge in [-0.3, -0.25) is 0 Å². The molecule has 0 aliphatic carbocycles. The summed E-state index contributed by atoms with van der Waals surface area (Å²) in [4.78, 5) is 4.65. The smallest absolute Gasteiger partial charge is 0.163 e. The average Bonchev–Trinajstić information content (AvgIpc) is 3.27. The fourth-order valence-electron chi connectivity index (χ4n) is 10.6. The van der Waals surface area contributed by atoms with Crippen molar-refractivity contribution in [1.29, 1.82) is 0 Å². The number of para-hydroxylation sites is 2. The number of hydrogen-bond donors (Lipinski definition) is 0. The molecule has 6 aliphatic heterocycles. The van der Waals surface area contributed by atoms with Gasteiger partial charge in [-0.2, -0.15) is 0 Å². The third-order valence-corrected chi connectivity index (χ3v) is 22.5. The highest BCUT2D eigenvalue weighted by atomic mass is 32.4. The van der Waals surface area contributed by atoms with Crippen LogP contribution in [-0.4, -0.2) is 0 Å². The maximum absolute atomic E-state index is 7.59. The Balaban J connectivity index is 1.20. The molecule has 10 heteroatoms. The molecule has 0 amide bonds. The van der Waals surface area contributed by atoms with Gasteiger partial charge in [0.1, 0.15) is 45.9 Å². The Morgan fingerprint density at radius 3 is 1.20 bits per heavy atom. The predicted molar refractivity (Wildman–Crippen MR) is 250 cm³/mol. The molecule has 9 aromatic rings. The number of hydrogen-bond acceptors (Lipinski definition) is 8. The van der Waals surface area contributed by atoms with Crippen molar-refractivity contribution in [2.45, 2.75) is 0 Å². The molecule has 6 aliphatic rings. The quantitative estimate of drug-likeness (QED) is 0.159. The van der Waals surface area contributed by atoms with E-state index in [1.807, 2.05) is 12.1 Å². The molecule has 0 bridgehead atoms. The van der Waals surface area contributed by atoms with Gasteiger partial charge in [0, 0.05) is 22.1 Å². The Kier molecular flexibility index (Phi) is 5.87. The molecule has 0 saturated heterocycles. The molecule has 2 unspecified atom stereocenters. The lowest BCUT2D eigenvalue weighted by Gasteiger charge is -2.51. The summed E-state index contributed by atoms with van der Waals surface area (Å²) in [5.41, 5.74) is 5.62. The highest BCUT2D eigenvalue weighted by molar-refractivity contribution is 8.27. The van der Waals surface area contributed by atoms with E-state index in [9.17, 15) is 0 Å². The first-order valence-corrected chi connectivity index (χ1v) is 25.4. The van der Waals surface area contributed by atoms with Crippen LogP contribution in [0.4, 0.5) is 34.1 Å². The third-order valence-electron chi connectivity index (χ3n) is 12.8. The minimum absolute atomic E-state index is 0.717. The molecule has 282 valence electrons. The maximum Gasteiger partial charge on any atom is 0.163 e. The zero-order chi connectivity index (χ0) is 39.2. The number of ether oxygens (including phenoxy) is 4. The van der Waals surface area contributed by atoms with Crippen LogP contribution in [-0.2, 0) is 23.6 Å². The van der Waals surface area contributed by atoms with Gasteiger partial charge in [-0.05, 0) is 71.4 Å². The minimum atomic E-state index is -2.99. The Morgan fingerprint density at radius 1 is 0.350 bits per heavy atom. The van der Waals surface area contributed by atoms with E-state index in [1.54, 1.807) is 0 Å². The topological polar surface area (TPSA) is 43.4 Å². The van der Waals surface area contributed by atoms with Crippen molar-refractivity contribution in [1.82, 2.24) is 0 Å². The van der Waals surface area contributed by atoms with Gasteiger partial charge < -0.3 is 28.7 Å². The first-order chi connectivity index (χ1) is 29.5. The third kappa shape index (κ3) is 3.60. The molecule has 6 heterocycles. The van der Waals surface area contributed by atoms with Crippen LogP contribution in [0.3, 0.4) is 0 Å². The van der Waals surface area contributed by atoms with Crippen LogP contribution >= 0.6 is 12.1 Å². The predicted octanol–water partition coefficient (Wildman–Crippen LogP) is 11.5. The van der Waals surface area contributed by atoms with Gasteiger partial charge in [-0.1, -0.05) is 121 Å². The van der Waals surface area contributed by atoms with Crippen molar-refractivity contribution < 1.29 is 18.9 Å². The molecule has 0 saturated carbocycles. The van der Waals surface area contributed by atoms with E-state index in [1.165, 1.54) is 0 Å². The number of rotatable bonds is 2. The van der Waals surface area contributed by atoms with E-state index in [2.05, 4.69) is 155 Å². The standard InChI is InChI=1S/C50H26N2O4P2S2/c59-57-45-33-21-11-23-35(45)53-41-31-19-9-8-14-28(31)26-38(47(41)57)56-44-40-50-43(39(49(44)57)51(33)29-15-3-1-4-16-29)55-37-25-27-13-7-10-20-32(27)42-48(37)58(50,60)46-34(22-12-24-36(46)54-42)52(40)30-17-5-2-6-18-30/h1-26H. The van der Waals surface area contributed by atoms with Crippen LogP contribution < -0.4 is 60.6 Å². The fourth-order valence-corrected chi connectivity index (χ4v) is 20.6. The second kappa shape index (κ2) is 10.9. The van der Waals surface area contributed by atoms with E-state index < -0.39 is 12.1 Å². The average molecular weight is 845 g/mol. The lowest BCUT2D eigenvalue weighted by Crippen LogP contribution is -2.48. The molecule has 15 rings (SSSR count). The molecule has 9 aromatic carbocycles. The van der Waals surface area contributed by atoms with Gasteiger partial charge in [0.15, 0.2) is 11.5 Å². The monoisotopic (exact) mass is 844 g/mol. The molecule has 0 fully saturated rings. The Hall–Kier alpha value is -6.40. The zero-order valence-corrected chi connectivity index (χ0v) is 34.7. The summed E-state index contributed by atoms with van der Waals surface area (Å²) in [6.45, 7) is 0. The summed E-state index contributed by atoms with van der Waals surface area (Å²) in [6.07, 6.45) is 0. The van der Waals surface area contributed by atoms with Crippen molar-refractivity contribution in [2.75, 3.05) is 9.80 Å². The van der Waals surface area contributed by atoms with E-state index >= 15 is 0 Å². The van der Waals surface area contributed by atoms with Gasteiger partial charge >= 0.3 is 0 Å². The maximum atomic E-state index is 7.59. The minimum Gasteiger partial charge on any atom is -0.455 e. The normalized spacial score (nSPS) is 19.4. The van der Waals surface area contributed by atoms with Crippen molar-refractivity contribution in [2.24, 2.45) is 0 Å². The highest BCUT2D eigenvalue weighted by Crippen LogP contribution is 2.74. The molecule has 0 radical (unpaired) electrons. The molecular formula is C50H26N2O4P2S2. The number of anilines is 6. The SMILES string of the molecule is S=P12c3c4cccc3N(c3ccccc3)c3c5c6c(c(c31)Oc1cc3ccccc3c(c12)O4)N(c1ccccc1)c1cccc2c1P6(=S)c1c(cc3ccccc3c1O2)O5. The summed E-state index contributed by atoms with van der Waals surface area (Å²) >= 11 is 14.9. The Bertz CT molecular complexity index is 3410. The van der Waals surface area contributed by atoms with Crippen LogP contribution in [0.2, 0.25) is 0 Å². The Labute approximate surface area is 353 Å². The number of fused-ring (bicyclic) bond motifs is 6. The summed E-state index contributed by atoms with van der Waals surface area (Å²) in [5.74, 6) is 5.94. The summed E-state index contributed by atoms with van der Waals surface area (Å²) in [7, 11) is 0. The Morgan fingerprint density at radius 2 is 0.750 bits per heavy atom. The molecule has 2 atom stereocenters. The molecular weight excluding hydrogens is 819 g/mol. The van der Waals surface area contributed by atoms with Gasteiger partial charge in [0.05, 0.1) is 55.3 Å². The second-order valence-corrected chi connectivity index (χ2v) is 24.2. The van der Waals surface area contributed by atoms with Crippen molar-refractivity contribution in [3.63, 3.8) is 0 Å². The lowest BCUT2D eigenvalue weighted by atomic mass is 10.1. The number of nitrogens with zero attached hydrogens (tertiary/aromatic N) is 2. The first kappa shape index (κ1) is 32.5. The van der Waals surface area contributed by atoms with Crippen LogP contribution in [0.1, 0.15) is 0 Å². The largest absolute Gasteiger partial charge is 0.455 e. The van der Waals surface area contributed by atoms with Crippen molar-refractivity contribution in [3.05, 3.63) is 158 Å². The van der Waals surface area contributed by atoms with Crippen LogP contribution in [0, 0.1) is 0 Å². The van der Waals surface area contributed by atoms with Gasteiger partial charge in [-0.15, -0.1) is 0 Å². The molecule has 6 nitrogen and oxygen atoms in total. The van der Waals surface area contributed by atoms with Gasteiger partial charge in [0.25, 0.3) is 0 Å². The molecule has 0 N–H and O–H groups in total. The molecule has 0 spiro atoms. The van der Waals surface area contributed by atoms with Crippen molar-refractivity contribution >= 4 is 123 Å². The molecule has 0 aromatic heterocycles. The van der Waals surface area contributed by atoms with E-state index in [4.69, 9.17) is 42.6 Å². The van der Waals surface area contributed by atoms with E-state index in [0.717, 1.165) is 122 Å². The van der Waals surface area contributed by atoms with E-state index in [0.29, 0.717) is 11.5 Å². The molecule has 60 heavy (non-hydrogen) atoms. The van der Waals surface area contributed by atoms with Gasteiger partial charge in [0.2, 0.25) is 0 Å². The first-order valence-electron chi connectivity index (χ1n) is 19.8. The van der Waals surface area contributed by atoms with Crippen molar-refractivity contribution in [3.8, 4) is 46.0 Å². The van der Waals surface area contributed by atoms with Crippen LogP contribution in [0.15, 0.2) is 158 Å². The highest BCUT2D eigenvalue weighted by Gasteiger charge is 2.58. The summed E-state index contributed by atoms with van der Waals surface area (Å²) in [5, 5.41) is 9.84. The summed E-state index contributed by atoms with van der Waals surface area (Å²) in [6, 6.07) is 48.7. The van der Waals surface area contributed by atoms with Gasteiger partial charge in [-0.25, -0.2) is 0 Å². The lowest BCUT2D eigenvalue weighted by molar-refractivity contribution is 0.462. The van der Waals surface area contributed by atoms with Crippen LogP contribution in [0.5, 0.6) is 46.0 Å². The summed E-state index contributed by atoms with van der Waals surface area (Å²) < 4.78 is 29.3. The second-order valence-electron chi connectivity index (χ2n) is 15.8. The van der Waals surface area contributed by atoms with E-state index in [-0.39, 0.29) is 0 Å². The fraction of sp³-hybridized carbons (Fsp3) is 0. The van der Waals surface area contributed by atoms with Crippen LogP contribution in [0.25, 0.3) is 21.5 Å². The zero-order valence-electron chi connectivity index (χ0n) is 31.2. The number of benzene rings is 9.